The van der Waals surface area contributed by atoms with E-state index in [1.54, 1.807) is 12.1 Å². The molecule has 2 rings (SSSR count). The molecule has 1 aromatic carbocycles. The molecule has 3 nitrogen and oxygen atoms in total. The molecule has 0 unspecified atom stereocenters. The standard InChI is InChI=1S/C13H10O3/c1-3-9-10(4-2)13(15)16-12-7-8(14)5-6-11(9)12/h3-7,14H,1-2H2. The zero-order valence-corrected chi connectivity index (χ0v) is 8.56. The Bertz CT molecular complexity index is 635. The van der Waals surface area contributed by atoms with E-state index in [1.165, 1.54) is 18.2 Å². The number of aromatic hydroxyl groups is 1. The summed E-state index contributed by atoms with van der Waals surface area (Å²) < 4.78 is 5.07. The normalized spacial score (nSPS) is 10.2. The van der Waals surface area contributed by atoms with Crippen LogP contribution in [0.1, 0.15) is 11.1 Å². The van der Waals surface area contributed by atoms with Gasteiger partial charge >= 0.3 is 5.63 Å². The molecule has 0 atom stereocenters. The molecule has 0 amide bonds. The van der Waals surface area contributed by atoms with Gasteiger partial charge < -0.3 is 9.52 Å². The van der Waals surface area contributed by atoms with Gasteiger partial charge in [-0.1, -0.05) is 25.3 Å². The van der Waals surface area contributed by atoms with Crippen molar-refractivity contribution in [2.75, 3.05) is 0 Å². The molecule has 0 aliphatic rings. The van der Waals surface area contributed by atoms with E-state index in [0.29, 0.717) is 16.7 Å². The van der Waals surface area contributed by atoms with Crippen LogP contribution >= 0.6 is 0 Å². The summed E-state index contributed by atoms with van der Waals surface area (Å²) in [7, 11) is 0. The fraction of sp³-hybridized carbons (Fsp3) is 0. The second kappa shape index (κ2) is 3.70. The van der Waals surface area contributed by atoms with Gasteiger partial charge in [-0.25, -0.2) is 4.79 Å². The van der Waals surface area contributed by atoms with Crippen molar-refractivity contribution in [1.29, 1.82) is 0 Å². The lowest BCUT2D eigenvalue weighted by molar-refractivity contribution is 0.473. The van der Waals surface area contributed by atoms with Gasteiger partial charge in [0, 0.05) is 11.5 Å². The molecular formula is C13H10O3. The zero-order valence-electron chi connectivity index (χ0n) is 8.56. The average molecular weight is 214 g/mol. The molecule has 2 aromatic rings. The van der Waals surface area contributed by atoms with Gasteiger partial charge in [-0.15, -0.1) is 0 Å². The van der Waals surface area contributed by atoms with Crippen LogP contribution in [0, 0.1) is 0 Å². The van der Waals surface area contributed by atoms with E-state index in [2.05, 4.69) is 13.2 Å². The Morgan fingerprint density at radius 3 is 2.50 bits per heavy atom. The molecule has 1 N–H and O–H groups in total. The molecule has 0 aliphatic carbocycles. The fourth-order valence-corrected chi connectivity index (χ4v) is 1.64. The van der Waals surface area contributed by atoms with Gasteiger partial charge in [0.2, 0.25) is 0 Å². The second-order valence-electron chi connectivity index (χ2n) is 3.31. The van der Waals surface area contributed by atoms with Crippen LogP contribution in [0.4, 0.5) is 0 Å². The zero-order chi connectivity index (χ0) is 11.7. The monoisotopic (exact) mass is 214 g/mol. The number of hydrogen-bond acceptors (Lipinski definition) is 3. The number of benzene rings is 1. The van der Waals surface area contributed by atoms with Crippen LogP contribution in [0.2, 0.25) is 0 Å². The van der Waals surface area contributed by atoms with Gasteiger partial charge in [0.25, 0.3) is 0 Å². The molecular weight excluding hydrogens is 204 g/mol. The molecule has 80 valence electrons. The van der Waals surface area contributed by atoms with Gasteiger partial charge in [-0.05, 0) is 17.7 Å². The van der Waals surface area contributed by atoms with Crippen molar-refractivity contribution in [2.24, 2.45) is 0 Å². The molecule has 0 aliphatic heterocycles. The Labute approximate surface area is 92.0 Å². The Kier molecular flexibility index (Phi) is 2.37. The molecule has 0 spiro atoms. The lowest BCUT2D eigenvalue weighted by atomic mass is 10.0. The van der Waals surface area contributed by atoms with Crippen molar-refractivity contribution in [2.45, 2.75) is 0 Å². The Morgan fingerprint density at radius 1 is 1.19 bits per heavy atom. The maximum atomic E-state index is 11.6. The topological polar surface area (TPSA) is 50.4 Å². The van der Waals surface area contributed by atoms with Gasteiger partial charge in [-0.3, -0.25) is 0 Å². The summed E-state index contributed by atoms with van der Waals surface area (Å²) in [6, 6.07) is 4.61. The number of hydrogen-bond donors (Lipinski definition) is 1. The second-order valence-corrected chi connectivity index (χ2v) is 3.31. The Hall–Kier alpha value is -2.29. The Balaban J connectivity index is 3.01. The first-order valence-electron chi connectivity index (χ1n) is 4.72. The third-order valence-corrected chi connectivity index (χ3v) is 2.38. The van der Waals surface area contributed by atoms with Gasteiger partial charge in [0.05, 0.1) is 5.56 Å². The molecule has 0 saturated heterocycles. The lowest BCUT2D eigenvalue weighted by Crippen LogP contribution is -2.05. The van der Waals surface area contributed by atoms with E-state index < -0.39 is 5.63 Å². The van der Waals surface area contributed by atoms with Crippen LogP contribution in [0.3, 0.4) is 0 Å². The van der Waals surface area contributed by atoms with Crippen LogP contribution in [-0.2, 0) is 0 Å². The number of phenolic OH excluding ortho intramolecular Hbond substituents is 1. The predicted octanol–water partition coefficient (Wildman–Crippen LogP) is 2.78. The van der Waals surface area contributed by atoms with Crippen molar-refractivity contribution in [3.8, 4) is 5.75 Å². The van der Waals surface area contributed by atoms with Crippen molar-refractivity contribution >= 4 is 23.1 Å². The highest BCUT2D eigenvalue weighted by Crippen LogP contribution is 2.24. The minimum absolute atomic E-state index is 0.0528. The first-order chi connectivity index (χ1) is 7.67. The highest BCUT2D eigenvalue weighted by Gasteiger charge is 2.09. The first-order valence-corrected chi connectivity index (χ1v) is 4.72. The smallest absolute Gasteiger partial charge is 0.344 e. The van der Waals surface area contributed by atoms with Crippen molar-refractivity contribution in [3.63, 3.8) is 0 Å². The number of fused-ring (bicyclic) bond motifs is 1. The largest absolute Gasteiger partial charge is 0.508 e. The minimum atomic E-state index is -0.483. The van der Waals surface area contributed by atoms with E-state index >= 15 is 0 Å². The van der Waals surface area contributed by atoms with Crippen molar-refractivity contribution in [1.82, 2.24) is 0 Å². The van der Waals surface area contributed by atoms with E-state index in [0.717, 1.165) is 5.39 Å². The van der Waals surface area contributed by atoms with E-state index in [9.17, 15) is 9.90 Å². The summed E-state index contributed by atoms with van der Waals surface area (Å²) in [5.74, 6) is 0.0528. The molecule has 0 fully saturated rings. The van der Waals surface area contributed by atoms with E-state index in [4.69, 9.17) is 4.42 Å². The van der Waals surface area contributed by atoms with Crippen LogP contribution in [0.15, 0.2) is 40.6 Å². The molecule has 0 bridgehead atoms. The molecule has 0 radical (unpaired) electrons. The SMILES string of the molecule is C=Cc1c(C=C)c2ccc(O)cc2oc1=O. The average Bonchev–Trinajstić information content (AvgIpc) is 2.26. The van der Waals surface area contributed by atoms with E-state index in [-0.39, 0.29) is 5.75 Å². The van der Waals surface area contributed by atoms with Gasteiger partial charge in [-0.2, -0.15) is 0 Å². The molecule has 3 heteroatoms. The summed E-state index contributed by atoms with van der Waals surface area (Å²) in [5.41, 5.74) is 0.905. The van der Waals surface area contributed by atoms with Crippen molar-refractivity contribution in [3.05, 3.63) is 52.9 Å². The molecule has 1 heterocycles. The highest BCUT2D eigenvalue weighted by atomic mass is 16.4. The van der Waals surface area contributed by atoms with Gasteiger partial charge in [0.15, 0.2) is 0 Å². The van der Waals surface area contributed by atoms with Crippen LogP contribution in [0.25, 0.3) is 23.1 Å². The molecule has 16 heavy (non-hydrogen) atoms. The maximum Gasteiger partial charge on any atom is 0.344 e. The summed E-state index contributed by atoms with van der Waals surface area (Å²) in [5, 5.41) is 10.0. The predicted molar refractivity (Wildman–Crippen MR) is 64.3 cm³/mol. The van der Waals surface area contributed by atoms with E-state index in [1.807, 2.05) is 0 Å². The van der Waals surface area contributed by atoms with Crippen LogP contribution in [-0.4, -0.2) is 5.11 Å². The number of rotatable bonds is 2. The van der Waals surface area contributed by atoms with Crippen LogP contribution in [0.5, 0.6) is 5.75 Å². The van der Waals surface area contributed by atoms with Gasteiger partial charge in [0.1, 0.15) is 11.3 Å². The quantitative estimate of drug-likeness (QED) is 0.782. The molecule has 0 saturated carbocycles. The highest BCUT2D eigenvalue weighted by molar-refractivity contribution is 5.90. The third kappa shape index (κ3) is 1.42. The van der Waals surface area contributed by atoms with Crippen molar-refractivity contribution < 1.29 is 9.52 Å². The third-order valence-electron chi connectivity index (χ3n) is 2.38. The summed E-state index contributed by atoms with van der Waals surface area (Å²) in [6.45, 7) is 7.23. The summed E-state index contributed by atoms with van der Waals surface area (Å²) in [4.78, 5) is 11.6. The summed E-state index contributed by atoms with van der Waals surface area (Å²) >= 11 is 0. The number of phenols is 1. The fourth-order valence-electron chi connectivity index (χ4n) is 1.64. The lowest BCUT2D eigenvalue weighted by Gasteiger charge is -2.04. The first kappa shape index (κ1) is 10.2. The van der Waals surface area contributed by atoms with Crippen LogP contribution < -0.4 is 5.63 Å². The maximum absolute atomic E-state index is 11.6. The minimum Gasteiger partial charge on any atom is -0.508 e. The molecule has 1 aromatic heterocycles. The Morgan fingerprint density at radius 2 is 1.88 bits per heavy atom. The summed E-state index contributed by atoms with van der Waals surface area (Å²) in [6.07, 6.45) is 3.02.